The molecule has 0 N–H and O–H groups in total. The van der Waals surface area contributed by atoms with Gasteiger partial charge in [0, 0.05) is 12.8 Å². The smallest absolute Gasteiger partial charge is 0.168 e. The second-order valence-corrected chi connectivity index (χ2v) is 5.67. The van der Waals surface area contributed by atoms with E-state index < -0.39 is 0 Å². The molecule has 0 aromatic heterocycles. The van der Waals surface area contributed by atoms with Crippen molar-refractivity contribution in [2.75, 3.05) is 19.8 Å². The summed E-state index contributed by atoms with van der Waals surface area (Å²) in [6, 6.07) is 0. The lowest BCUT2D eigenvalue weighted by molar-refractivity contribution is -0.173. The monoisotopic (exact) mass is 271 g/mol. The van der Waals surface area contributed by atoms with E-state index in [1.807, 2.05) is 0 Å². The molecule has 0 aliphatic carbocycles. The van der Waals surface area contributed by atoms with Gasteiger partial charge in [-0.25, -0.2) is 5.28 Å². The van der Waals surface area contributed by atoms with Crippen molar-refractivity contribution in [2.24, 2.45) is 16.3 Å². The van der Waals surface area contributed by atoms with Gasteiger partial charge < -0.3 is 14.7 Å². The minimum absolute atomic E-state index is 0.315. The molecule has 5 nitrogen and oxygen atoms in total. The van der Waals surface area contributed by atoms with Crippen LogP contribution >= 0.6 is 0 Å². The Morgan fingerprint density at radius 2 is 1.68 bits per heavy atom. The molecule has 0 aromatic carbocycles. The first kappa shape index (κ1) is 16.4. The molecule has 0 atom stereocenters. The van der Waals surface area contributed by atoms with Crippen molar-refractivity contribution in [3.05, 3.63) is 5.21 Å². The zero-order chi connectivity index (χ0) is 14.0. The summed E-state index contributed by atoms with van der Waals surface area (Å²) in [4.78, 5) is 0. The van der Waals surface area contributed by atoms with Gasteiger partial charge in [-0.2, -0.15) is 5.11 Å². The van der Waals surface area contributed by atoms with Gasteiger partial charge in [0.05, 0.1) is 19.8 Å². The van der Waals surface area contributed by atoms with Gasteiger partial charge in [0.25, 0.3) is 0 Å². The molecular weight excluding hydrogens is 244 g/mol. The molecule has 0 spiro atoms. The predicted octanol–water partition coefficient (Wildman–Crippen LogP) is 4.07. The summed E-state index contributed by atoms with van der Waals surface area (Å²) in [5, 5.41) is 15.7. The Morgan fingerprint density at radius 3 is 2.32 bits per heavy atom. The van der Waals surface area contributed by atoms with Crippen molar-refractivity contribution in [2.45, 2.75) is 64.6 Å². The molecular formula is C14H27N2O3-. The molecule has 19 heavy (non-hydrogen) atoms. The first-order chi connectivity index (χ1) is 9.18. The van der Waals surface area contributed by atoms with Gasteiger partial charge in [0.15, 0.2) is 5.79 Å². The Hall–Kier alpha value is -0.680. The van der Waals surface area contributed by atoms with Crippen LogP contribution in [0.2, 0.25) is 0 Å². The summed E-state index contributed by atoms with van der Waals surface area (Å²) < 4.78 is 11.7. The zero-order valence-electron chi connectivity index (χ0n) is 12.3. The summed E-state index contributed by atoms with van der Waals surface area (Å²) in [6.45, 7) is 6.43. The highest BCUT2D eigenvalue weighted by Crippen LogP contribution is 2.32. The van der Waals surface area contributed by atoms with E-state index >= 15 is 0 Å². The summed E-state index contributed by atoms with van der Waals surface area (Å²) >= 11 is 0. The first-order valence-corrected chi connectivity index (χ1v) is 7.45. The lowest BCUT2D eigenvalue weighted by Gasteiger charge is -2.29. The molecule has 5 heteroatoms. The third-order valence-corrected chi connectivity index (χ3v) is 3.41. The van der Waals surface area contributed by atoms with Crippen LogP contribution < -0.4 is 0 Å². The minimum Gasteiger partial charge on any atom is -0.775 e. The Morgan fingerprint density at radius 1 is 1.05 bits per heavy atom. The van der Waals surface area contributed by atoms with Crippen molar-refractivity contribution >= 4 is 0 Å². The first-order valence-electron chi connectivity index (χ1n) is 7.45. The topological polar surface area (TPSA) is 66.2 Å². The number of hydrogen-bond acceptors (Lipinski definition) is 5. The molecule has 0 amide bonds. The van der Waals surface area contributed by atoms with E-state index in [4.69, 9.17) is 9.47 Å². The van der Waals surface area contributed by atoms with Crippen molar-refractivity contribution < 1.29 is 9.47 Å². The highest BCUT2D eigenvalue weighted by atomic mass is 16.7. The van der Waals surface area contributed by atoms with Crippen molar-refractivity contribution in [3.63, 3.8) is 0 Å². The standard InChI is InChI=1S/C14H28N2O3/c1-13(2)12-14(18-10-11-19-14)8-6-4-3-5-7-9-15-16-17/h13H,3-12H2,1-2H3,(H,15,17)/p-1. The number of rotatable bonds is 10. The Bertz CT molecular complexity index is 251. The molecule has 0 unspecified atom stereocenters. The molecule has 0 saturated carbocycles. The average molecular weight is 271 g/mol. The van der Waals surface area contributed by atoms with Crippen LogP contribution in [-0.4, -0.2) is 25.5 Å². The fourth-order valence-electron chi connectivity index (χ4n) is 2.63. The summed E-state index contributed by atoms with van der Waals surface area (Å²) in [5.74, 6) is 0.279. The molecule has 1 saturated heterocycles. The van der Waals surface area contributed by atoms with Crippen LogP contribution in [0.5, 0.6) is 0 Å². The maximum absolute atomic E-state index is 9.77. The Labute approximate surface area is 116 Å². The third kappa shape index (κ3) is 6.87. The van der Waals surface area contributed by atoms with E-state index in [9.17, 15) is 5.21 Å². The summed E-state index contributed by atoms with van der Waals surface area (Å²) in [5.41, 5.74) is 0. The quantitative estimate of drug-likeness (QED) is 0.342. The minimum atomic E-state index is -0.315. The van der Waals surface area contributed by atoms with Crippen LogP contribution in [0.3, 0.4) is 0 Å². The van der Waals surface area contributed by atoms with Crippen LogP contribution in [-0.2, 0) is 9.47 Å². The van der Waals surface area contributed by atoms with E-state index in [1.165, 1.54) is 12.8 Å². The molecule has 1 aliphatic rings. The predicted molar refractivity (Wildman–Crippen MR) is 74.9 cm³/mol. The number of nitrogens with zero attached hydrogens (tertiary/aromatic N) is 2. The second-order valence-electron chi connectivity index (χ2n) is 5.67. The van der Waals surface area contributed by atoms with Gasteiger partial charge in [-0.05, 0) is 18.8 Å². The van der Waals surface area contributed by atoms with E-state index in [1.54, 1.807) is 0 Å². The van der Waals surface area contributed by atoms with E-state index in [0.29, 0.717) is 12.5 Å². The third-order valence-electron chi connectivity index (χ3n) is 3.41. The maximum Gasteiger partial charge on any atom is 0.168 e. The number of hydrogen-bond donors (Lipinski definition) is 0. The molecule has 1 aliphatic heterocycles. The van der Waals surface area contributed by atoms with Gasteiger partial charge in [-0.1, -0.05) is 33.1 Å². The van der Waals surface area contributed by atoms with Gasteiger partial charge >= 0.3 is 0 Å². The van der Waals surface area contributed by atoms with Crippen LogP contribution in [0.25, 0.3) is 0 Å². The highest BCUT2D eigenvalue weighted by molar-refractivity contribution is 4.75. The van der Waals surface area contributed by atoms with Gasteiger partial charge in [0.1, 0.15) is 0 Å². The molecule has 1 fully saturated rings. The molecule has 0 aromatic rings. The van der Waals surface area contributed by atoms with Gasteiger partial charge in [0.2, 0.25) is 0 Å². The highest BCUT2D eigenvalue weighted by Gasteiger charge is 2.36. The summed E-state index contributed by atoms with van der Waals surface area (Å²) in [7, 11) is 0. The molecule has 1 heterocycles. The van der Waals surface area contributed by atoms with E-state index in [2.05, 4.69) is 24.2 Å². The van der Waals surface area contributed by atoms with Gasteiger partial charge in [-0.3, -0.25) is 0 Å². The lowest BCUT2D eigenvalue weighted by Crippen LogP contribution is -2.31. The van der Waals surface area contributed by atoms with Crippen LogP contribution in [0.15, 0.2) is 10.4 Å². The fourth-order valence-corrected chi connectivity index (χ4v) is 2.63. The average Bonchev–Trinajstić information content (AvgIpc) is 2.80. The number of ether oxygens (including phenoxy) is 2. The van der Waals surface area contributed by atoms with Crippen LogP contribution in [0.4, 0.5) is 0 Å². The van der Waals surface area contributed by atoms with Crippen molar-refractivity contribution in [1.29, 1.82) is 0 Å². The van der Waals surface area contributed by atoms with Crippen LogP contribution in [0.1, 0.15) is 58.8 Å². The zero-order valence-corrected chi connectivity index (χ0v) is 12.3. The summed E-state index contributed by atoms with van der Waals surface area (Å²) in [6.07, 6.45) is 7.53. The number of unbranched alkanes of at least 4 members (excludes halogenated alkanes) is 4. The molecule has 112 valence electrons. The van der Waals surface area contributed by atoms with Gasteiger partial charge in [-0.15, -0.1) is 0 Å². The normalized spacial score (nSPS) is 18.7. The van der Waals surface area contributed by atoms with E-state index in [0.717, 1.165) is 45.3 Å². The largest absolute Gasteiger partial charge is 0.775 e. The molecule has 0 radical (unpaired) electrons. The van der Waals surface area contributed by atoms with Crippen LogP contribution in [0, 0.1) is 11.1 Å². The molecule has 1 rings (SSSR count). The van der Waals surface area contributed by atoms with Crippen molar-refractivity contribution in [1.82, 2.24) is 0 Å². The fraction of sp³-hybridized carbons (Fsp3) is 1.00. The maximum atomic E-state index is 9.77. The molecule has 0 bridgehead atoms. The van der Waals surface area contributed by atoms with Crippen molar-refractivity contribution in [3.8, 4) is 0 Å². The lowest BCUT2D eigenvalue weighted by atomic mass is 9.97. The van der Waals surface area contributed by atoms with E-state index in [-0.39, 0.29) is 5.79 Å². The SMILES string of the molecule is CC(C)CC1(CCCCCCCN=N[O-])OCCO1. The Balaban J connectivity index is 2.08. The Kier molecular flexibility index (Phi) is 7.98. The second kappa shape index (κ2) is 9.26.